The lowest BCUT2D eigenvalue weighted by Crippen LogP contribution is -2.66. The van der Waals surface area contributed by atoms with Crippen molar-refractivity contribution < 1.29 is 42.9 Å². The van der Waals surface area contributed by atoms with Gasteiger partial charge in [-0.3, -0.25) is 19.2 Å². The number of carbonyl (C=O) groups excluding carboxylic acids is 4. The first-order valence-electron chi connectivity index (χ1n) is 7.58. The molecule has 0 radical (unpaired) electrons. The van der Waals surface area contributed by atoms with Crippen LogP contribution in [0.25, 0.3) is 0 Å². The third-order valence-corrected chi connectivity index (χ3v) is 3.31. The molecule has 5 atom stereocenters. The lowest BCUT2D eigenvalue weighted by molar-refractivity contribution is -0.279. The number of amides is 1. The van der Waals surface area contributed by atoms with Gasteiger partial charge in [0.15, 0.2) is 18.5 Å². The zero-order valence-electron chi connectivity index (χ0n) is 14.8. The van der Waals surface area contributed by atoms with Gasteiger partial charge in [-0.05, 0) is 0 Å². The number of rotatable bonds is 6. The highest BCUT2D eigenvalue weighted by Crippen LogP contribution is 2.27. The van der Waals surface area contributed by atoms with E-state index in [1.165, 1.54) is 34.8 Å². The molecule has 142 valence electrons. The molecule has 10 nitrogen and oxygen atoms in total. The highest BCUT2D eigenvalue weighted by atomic mass is 16.7. The number of hydrogen-bond acceptors (Lipinski definition) is 9. The summed E-state index contributed by atoms with van der Waals surface area (Å²) in [5.74, 6) is -2.28. The maximum atomic E-state index is 11.6. The van der Waals surface area contributed by atoms with Crippen molar-refractivity contribution in [2.45, 2.75) is 58.3 Å². The van der Waals surface area contributed by atoms with Gasteiger partial charge in [-0.2, -0.15) is 0 Å². The second-order valence-corrected chi connectivity index (χ2v) is 5.46. The molecular formula is C15H23NO9. The molecule has 0 aliphatic carbocycles. The highest BCUT2D eigenvalue weighted by molar-refractivity contribution is 5.74. The van der Waals surface area contributed by atoms with Crippen LogP contribution in [0.4, 0.5) is 0 Å². The molecule has 0 spiro atoms. The summed E-state index contributed by atoms with van der Waals surface area (Å²) >= 11 is 0. The fourth-order valence-corrected chi connectivity index (χ4v) is 2.50. The number of carbonyl (C=O) groups is 4. The quantitative estimate of drug-likeness (QED) is 0.482. The third kappa shape index (κ3) is 6.31. The van der Waals surface area contributed by atoms with Gasteiger partial charge in [-0.25, -0.2) is 0 Å². The molecule has 0 bridgehead atoms. The summed E-state index contributed by atoms with van der Waals surface area (Å²) in [4.78, 5) is 45.5. The molecule has 0 aromatic heterocycles. The van der Waals surface area contributed by atoms with E-state index in [-0.39, 0.29) is 6.61 Å². The summed E-state index contributed by atoms with van der Waals surface area (Å²) in [7, 11) is 1.32. The summed E-state index contributed by atoms with van der Waals surface area (Å²) in [6.07, 6.45) is -4.12. The topological polar surface area (TPSA) is 126 Å². The van der Waals surface area contributed by atoms with E-state index in [9.17, 15) is 19.2 Å². The average molecular weight is 361 g/mol. The summed E-state index contributed by atoms with van der Waals surface area (Å²) in [6.45, 7) is 4.59. The molecule has 10 heteroatoms. The van der Waals surface area contributed by atoms with E-state index >= 15 is 0 Å². The number of hydrogen-bond donors (Lipinski definition) is 1. The van der Waals surface area contributed by atoms with E-state index < -0.39 is 54.5 Å². The lowest BCUT2D eigenvalue weighted by Gasteiger charge is -2.44. The van der Waals surface area contributed by atoms with Crippen molar-refractivity contribution in [3.63, 3.8) is 0 Å². The smallest absolute Gasteiger partial charge is 0.303 e. The first-order chi connectivity index (χ1) is 11.6. The Morgan fingerprint density at radius 2 is 1.48 bits per heavy atom. The zero-order valence-corrected chi connectivity index (χ0v) is 14.8. The predicted octanol–water partition coefficient (Wildman–Crippen LogP) is -0.711. The second kappa shape index (κ2) is 9.33. The predicted molar refractivity (Wildman–Crippen MR) is 81.0 cm³/mol. The van der Waals surface area contributed by atoms with Crippen LogP contribution in [0.1, 0.15) is 27.7 Å². The molecule has 1 rings (SSSR count). The molecule has 1 aliphatic heterocycles. The number of methoxy groups -OCH3 is 1. The van der Waals surface area contributed by atoms with Gasteiger partial charge in [0.1, 0.15) is 18.8 Å². The van der Waals surface area contributed by atoms with Crippen LogP contribution < -0.4 is 5.32 Å². The summed E-state index contributed by atoms with van der Waals surface area (Å²) in [5.41, 5.74) is 0. The van der Waals surface area contributed by atoms with Gasteiger partial charge in [0, 0.05) is 34.8 Å². The fraction of sp³-hybridized carbons (Fsp3) is 0.733. The molecule has 25 heavy (non-hydrogen) atoms. The SMILES string of the molecule is CO[C@@H]1O[C@H](COC(C)=O)[C@@H](OC(C)=O)[C@H](NC(C)=O)[C@H]1OC(C)=O. The molecule has 1 heterocycles. The number of nitrogens with one attached hydrogen (secondary N) is 1. The van der Waals surface area contributed by atoms with Crippen LogP contribution >= 0.6 is 0 Å². The Morgan fingerprint density at radius 1 is 0.920 bits per heavy atom. The van der Waals surface area contributed by atoms with Crippen molar-refractivity contribution in [2.24, 2.45) is 0 Å². The molecule has 1 saturated heterocycles. The van der Waals surface area contributed by atoms with Crippen LogP contribution in [0.3, 0.4) is 0 Å². The molecule has 1 aliphatic rings. The molecule has 0 aromatic carbocycles. The summed E-state index contributed by atoms with van der Waals surface area (Å²) < 4.78 is 26.1. The van der Waals surface area contributed by atoms with E-state index in [0.717, 1.165) is 0 Å². The van der Waals surface area contributed by atoms with Crippen molar-refractivity contribution in [1.82, 2.24) is 5.32 Å². The van der Waals surface area contributed by atoms with Crippen molar-refractivity contribution in [2.75, 3.05) is 13.7 Å². The first kappa shape index (κ1) is 20.8. The lowest BCUT2D eigenvalue weighted by atomic mass is 9.95. The van der Waals surface area contributed by atoms with Gasteiger partial charge in [-0.1, -0.05) is 0 Å². The molecule has 0 unspecified atom stereocenters. The zero-order chi connectivity index (χ0) is 19.1. The standard InChI is InChI=1S/C15H23NO9/c1-7(17)16-12-13(23-9(3)19)11(6-22-8(2)18)25-15(21-5)14(12)24-10(4)20/h11-15H,6H2,1-5H3,(H,16,17)/t11-,12+,13-,14-,15-/m1/s1. The highest BCUT2D eigenvalue weighted by Gasteiger charge is 2.50. The normalized spacial score (nSPS) is 28.6. The molecule has 1 N–H and O–H groups in total. The van der Waals surface area contributed by atoms with E-state index in [1.54, 1.807) is 0 Å². The van der Waals surface area contributed by atoms with Gasteiger partial charge in [0.05, 0.1) is 0 Å². The molecular weight excluding hydrogens is 338 g/mol. The third-order valence-electron chi connectivity index (χ3n) is 3.31. The largest absolute Gasteiger partial charge is 0.463 e. The van der Waals surface area contributed by atoms with Gasteiger partial charge in [-0.15, -0.1) is 0 Å². The molecule has 1 amide bonds. The minimum atomic E-state index is -1.07. The average Bonchev–Trinajstić information content (AvgIpc) is 2.48. The van der Waals surface area contributed by atoms with E-state index in [2.05, 4.69) is 5.32 Å². The van der Waals surface area contributed by atoms with Crippen LogP contribution in [0.15, 0.2) is 0 Å². The van der Waals surface area contributed by atoms with Crippen molar-refractivity contribution in [1.29, 1.82) is 0 Å². The van der Waals surface area contributed by atoms with Crippen molar-refractivity contribution in [3.8, 4) is 0 Å². The van der Waals surface area contributed by atoms with Crippen LogP contribution in [-0.2, 0) is 42.9 Å². The van der Waals surface area contributed by atoms with E-state index in [4.69, 9.17) is 23.7 Å². The molecule has 0 saturated carbocycles. The van der Waals surface area contributed by atoms with Gasteiger partial charge in [0.25, 0.3) is 0 Å². The Hall–Kier alpha value is -2.20. The number of ether oxygens (including phenoxy) is 5. The van der Waals surface area contributed by atoms with Crippen molar-refractivity contribution in [3.05, 3.63) is 0 Å². The maximum absolute atomic E-state index is 11.6. The van der Waals surface area contributed by atoms with Crippen LogP contribution in [0.5, 0.6) is 0 Å². The second-order valence-electron chi connectivity index (χ2n) is 5.46. The Balaban J connectivity index is 3.18. The Kier molecular flexibility index (Phi) is 7.78. The monoisotopic (exact) mass is 361 g/mol. The van der Waals surface area contributed by atoms with E-state index in [1.807, 2.05) is 0 Å². The first-order valence-corrected chi connectivity index (χ1v) is 7.58. The molecule has 0 aromatic rings. The van der Waals surface area contributed by atoms with Crippen LogP contribution in [0, 0.1) is 0 Å². The Morgan fingerprint density at radius 3 is 1.92 bits per heavy atom. The van der Waals surface area contributed by atoms with Gasteiger partial charge in [0.2, 0.25) is 5.91 Å². The fourth-order valence-electron chi connectivity index (χ4n) is 2.50. The number of esters is 3. The van der Waals surface area contributed by atoms with Crippen LogP contribution in [-0.4, -0.2) is 68.2 Å². The van der Waals surface area contributed by atoms with Crippen molar-refractivity contribution >= 4 is 23.8 Å². The summed E-state index contributed by atoms with van der Waals surface area (Å²) in [5, 5.41) is 2.58. The Bertz CT molecular complexity index is 521. The molecule has 1 fully saturated rings. The van der Waals surface area contributed by atoms with E-state index in [0.29, 0.717) is 0 Å². The minimum Gasteiger partial charge on any atom is -0.463 e. The minimum absolute atomic E-state index is 0.240. The van der Waals surface area contributed by atoms with Gasteiger partial charge < -0.3 is 29.0 Å². The maximum Gasteiger partial charge on any atom is 0.303 e. The summed E-state index contributed by atoms with van der Waals surface area (Å²) in [6, 6.07) is -0.954. The van der Waals surface area contributed by atoms with Crippen LogP contribution in [0.2, 0.25) is 0 Å². The Labute approximate surface area is 145 Å². The van der Waals surface area contributed by atoms with Gasteiger partial charge >= 0.3 is 17.9 Å².